The number of methoxy groups -OCH3 is 2. The Bertz CT molecular complexity index is 674. The summed E-state index contributed by atoms with van der Waals surface area (Å²) in [6.07, 6.45) is 0. The molecule has 0 aromatic heterocycles. The molecule has 5 nitrogen and oxygen atoms in total. The van der Waals surface area contributed by atoms with Gasteiger partial charge in [0, 0.05) is 17.8 Å². The SMILES string of the molecule is COc1ccc(F)c(NC(=O)c2ccc(N)cc2OC)c1. The van der Waals surface area contributed by atoms with Crippen molar-refractivity contribution in [2.24, 2.45) is 0 Å². The second-order valence-corrected chi connectivity index (χ2v) is 4.26. The average molecular weight is 290 g/mol. The normalized spacial score (nSPS) is 10.0. The molecule has 110 valence electrons. The maximum Gasteiger partial charge on any atom is 0.259 e. The molecular formula is C15H15FN2O3. The Morgan fingerprint density at radius 3 is 2.57 bits per heavy atom. The van der Waals surface area contributed by atoms with Crippen molar-refractivity contribution < 1.29 is 18.7 Å². The molecule has 2 rings (SSSR count). The Kier molecular flexibility index (Phi) is 4.27. The molecule has 0 spiro atoms. The summed E-state index contributed by atoms with van der Waals surface area (Å²) in [7, 11) is 2.89. The summed E-state index contributed by atoms with van der Waals surface area (Å²) in [5.41, 5.74) is 6.38. The van der Waals surface area contributed by atoms with Crippen molar-refractivity contribution in [2.75, 3.05) is 25.3 Å². The highest BCUT2D eigenvalue weighted by Gasteiger charge is 2.15. The van der Waals surface area contributed by atoms with Crippen LogP contribution in [0.4, 0.5) is 15.8 Å². The molecule has 0 atom stereocenters. The van der Waals surface area contributed by atoms with Crippen LogP contribution >= 0.6 is 0 Å². The first kappa shape index (κ1) is 14.6. The maximum absolute atomic E-state index is 13.7. The van der Waals surface area contributed by atoms with Gasteiger partial charge in [-0.05, 0) is 24.3 Å². The van der Waals surface area contributed by atoms with Gasteiger partial charge in [0.05, 0.1) is 25.5 Å². The summed E-state index contributed by atoms with van der Waals surface area (Å²) in [5, 5.41) is 2.48. The molecule has 0 heterocycles. The van der Waals surface area contributed by atoms with E-state index >= 15 is 0 Å². The van der Waals surface area contributed by atoms with E-state index in [0.717, 1.165) is 0 Å². The highest BCUT2D eigenvalue weighted by atomic mass is 19.1. The lowest BCUT2D eigenvalue weighted by atomic mass is 10.1. The minimum absolute atomic E-state index is 0.0261. The van der Waals surface area contributed by atoms with Crippen molar-refractivity contribution in [3.63, 3.8) is 0 Å². The lowest BCUT2D eigenvalue weighted by Crippen LogP contribution is -2.14. The number of benzene rings is 2. The number of nitrogens with two attached hydrogens (primary N) is 1. The van der Waals surface area contributed by atoms with E-state index in [-0.39, 0.29) is 11.3 Å². The third-order valence-corrected chi connectivity index (χ3v) is 2.89. The molecule has 0 bridgehead atoms. The molecule has 0 saturated heterocycles. The maximum atomic E-state index is 13.7. The molecule has 0 aliphatic heterocycles. The van der Waals surface area contributed by atoms with Gasteiger partial charge in [-0.3, -0.25) is 4.79 Å². The number of halogens is 1. The van der Waals surface area contributed by atoms with Gasteiger partial charge in [-0.1, -0.05) is 0 Å². The smallest absolute Gasteiger partial charge is 0.259 e. The fourth-order valence-electron chi connectivity index (χ4n) is 1.81. The molecule has 0 saturated carbocycles. The Morgan fingerprint density at radius 1 is 1.14 bits per heavy atom. The van der Waals surface area contributed by atoms with Crippen LogP contribution in [0.25, 0.3) is 0 Å². The van der Waals surface area contributed by atoms with Gasteiger partial charge in [-0.25, -0.2) is 4.39 Å². The van der Waals surface area contributed by atoms with Gasteiger partial charge in [-0.2, -0.15) is 0 Å². The third-order valence-electron chi connectivity index (χ3n) is 2.89. The van der Waals surface area contributed by atoms with Gasteiger partial charge >= 0.3 is 0 Å². The zero-order chi connectivity index (χ0) is 15.4. The lowest BCUT2D eigenvalue weighted by Gasteiger charge is -2.11. The van der Waals surface area contributed by atoms with Crippen LogP contribution in [0.5, 0.6) is 11.5 Å². The summed E-state index contributed by atoms with van der Waals surface area (Å²) >= 11 is 0. The molecule has 2 aromatic carbocycles. The summed E-state index contributed by atoms with van der Waals surface area (Å²) in [5.74, 6) is -0.302. The number of hydrogen-bond acceptors (Lipinski definition) is 4. The van der Waals surface area contributed by atoms with Crippen molar-refractivity contribution in [3.05, 3.63) is 47.8 Å². The summed E-state index contributed by atoms with van der Waals surface area (Å²) in [6.45, 7) is 0. The molecule has 0 radical (unpaired) electrons. The van der Waals surface area contributed by atoms with Crippen LogP contribution in [-0.4, -0.2) is 20.1 Å². The van der Waals surface area contributed by atoms with Crippen molar-refractivity contribution in [2.45, 2.75) is 0 Å². The molecule has 6 heteroatoms. The minimum Gasteiger partial charge on any atom is -0.497 e. The number of nitrogen functional groups attached to an aromatic ring is 1. The predicted molar refractivity (Wildman–Crippen MR) is 78.3 cm³/mol. The second kappa shape index (κ2) is 6.13. The first-order valence-electron chi connectivity index (χ1n) is 6.13. The van der Waals surface area contributed by atoms with Gasteiger partial charge in [-0.15, -0.1) is 0 Å². The number of amides is 1. The van der Waals surface area contributed by atoms with Gasteiger partial charge < -0.3 is 20.5 Å². The number of rotatable bonds is 4. The molecular weight excluding hydrogens is 275 g/mol. The predicted octanol–water partition coefficient (Wildman–Crippen LogP) is 2.68. The zero-order valence-electron chi connectivity index (χ0n) is 11.6. The van der Waals surface area contributed by atoms with E-state index in [1.165, 1.54) is 44.6 Å². The van der Waals surface area contributed by atoms with E-state index in [4.69, 9.17) is 15.2 Å². The van der Waals surface area contributed by atoms with Crippen LogP contribution in [0.15, 0.2) is 36.4 Å². The quantitative estimate of drug-likeness (QED) is 0.849. The number of anilines is 2. The van der Waals surface area contributed by atoms with E-state index in [2.05, 4.69) is 5.32 Å². The molecule has 0 aliphatic rings. The third kappa shape index (κ3) is 3.22. The van der Waals surface area contributed by atoms with Crippen molar-refractivity contribution in [1.29, 1.82) is 0 Å². The van der Waals surface area contributed by atoms with Gasteiger partial charge in [0.2, 0.25) is 0 Å². The molecule has 0 aliphatic carbocycles. The highest BCUT2D eigenvalue weighted by molar-refractivity contribution is 6.06. The molecule has 21 heavy (non-hydrogen) atoms. The van der Waals surface area contributed by atoms with E-state index in [1.54, 1.807) is 6.07 Å². The molecule has 1 amide bonds. The van der Waals surface area contributed by atoms with E-state index < -0.39 is 11.7 Å². The number of carbonyl (C=O) groups excluding carboxylic acids is 1. The summed E-state index contributed by atoms with van der Waals surface area (Å²) in [6, 6.07) is 8.69. The van der Waals surface area contributed by atoms with E-state index in [0.29, 0.717) is 17.2 Å². The van der Waals surface area contributed by atoms with Gasteiger partial charge in [0.1, 0.15) is 17.3 Å². The van der Waals surface area contributed by atoms with E-state index in [9.17, 15) is 9.18 Å². The monoisotopic (exact) mass is 290 g/mol. The van der Waals surface area contributed by atoms with Crippen LogP contribution in [0.3, 0.4) is 0 Å². The minimum atomic E-state index is -0.557. The van der Waals surface area contributed by atoms with Crippen molar-refractivity contribution in [3.8, 4) is 11.5 Å². The first-order valence-corrected chi connectivity index (χ1v) is 6.13. The van der Waals surface area contributed by atoms with Crippen LogP contribution in [0.2, 0.25) is 0 Å². The van der Waals surface area contributed by atoms with Crippen molar-refractivity contribution in [1.82, 2.24) is 0 Å². The van der Waals surface area contributed by atoms with Crippen LogP contribution in [0, 0.1) is 5.82 Å². The standard InChI is InChI=1S/C15H15FN2O3/c1-20-10-4-6-12(16)13(8-10)18-15(19)11-5-3-9(17)7-14(11)21-2/h3-8H,17H2,1-2H3,(H,18,19). The van der Waals surface area contributed by atoms with E-state index in [1.807, 2.05) is 0 Å². The summed E-state index contributed by atoms with van der Waals surface area (Å²) < 4.78 is 23.8. The average Bonchev–Trinajstić information content (AvgIpc) is 2.49. The number of nitrogens with one attached hydrogen (secondary N) is 1. The van der Waals surface area contributed by atoms with Crippen LogP contribution in [-0.2, 0) is 0 Å². The molecule has 0 unspecified atom stereocenters. The topological polar surface area (TPSA) is 73.6 Å². The number of hydrogen-bond donors (Lipinski definition) is 2. The van der Waals surface area contributed by atoms with Gasteiger partial charge in [0.25, 0.3) is 5.91 Å². The Morgan fingerprint density at radius 2 is 1.90 bits per heavy atom. The fraction of sp³-hybridized carbons (Fsp3) is 0.133. The summed E-state index contributed by atoms with van der Waals surface area (Å²) in [4.78, 5) is 12.2. The largest absolute Gasteiger partial charge is 0.497 e. The first-order chi connectivity index (χ1) is 10.0. The van der Waals surface area contributed by atoms with Crippen molar-refractivity contribution >= 4 is 17.3 Å². The Balaban J connectivity index is 2.30. The number of ether oxygens (including phenoxy) is 2. The van der Waals surface area contributed by atoms with Crippen LogP contribution in [0.1, 0.15) is 10.4 Å². The highest BCUT2D eigenvalue weighted by Crippen LogP contribution is 2.25. The molecule has 2 aromatic rings. The van der Waals surface area contributed by atoms with Crippen LogP contribution < -0.4 is 20.5 Å². The Hall–Kier alpha value is -2.76. The second-order valence-electron chi connectivity index (χ2n) is 4.26. The zero-order valence-corrected chi connectivity index (χ0v) is 11.6. The molecule has 3 N–H and O–H groups in total. The lowest BCUT2D eigenvalue weighted by molar-refractivity contribution is 0.102. The Labute approximate surface area is 121 Å². The van der Waals surface area contributed by atoms with Gasteiger partial charge in [0.15, 0.2) is 0 Å². The molecule has 0 fully saturated rings. The number of carbonyl (C=O) groups is 1. The fourth-order valence-corrected chi connectivity index (χ4v) is 1.81.